The number of halogens is 1. The summed E-state index contributed by atoms with van der Waals surface area (Å²) in [5, 5.41) is 0.449. The molecule has 144 valence electrons. The largest absolute Gasteiger partial charge is 0.334 e. The van der Waals surface area contributed by atoms with Crippen LogP contribution in [0.1, 0.15) is 28.4 Å². The monoisotopic (exact) mass is 397 g/mol. The molecule has 1 heterocycles. The van der Waals surface area contributed by atoms with Gasteiger partial charge in [0.05, 0.1) is 6.54 Å². The average Bonchev–Trinajstić information content (AvgIpc) is 2.71. The molecule has 1 N–H and O–H groups in total. The van der Waals surface area contributed by atoms with Crippen LogP contribution in [0.25, 0.3) is 0 Å². The number of H-pyrrole nitrogens is 1. The van der Waals surface area contributed by atoms with Crippen molar-refractivity contribution in [1.82, 2.24) is 14.5 Å². The van der Waals surface area contributed by atoms with Crippen molar-refractivity contribution in [1.29, 1.82) is 0 Å². The lowest BCUT2D eigenvalue weighted by molar-refractivity contribution is 0.0749. The predicted octanol–water partition coefficient (Wildman–Crippen LogP) is 2.90. The van der Waals surface area contributed by atoms with Crippen molar-refractivity contribution in [3.05, 3.63) is 103 Å². The van der Waals surface area contributed by atoms with Gasteiger partial charge in [-0.15, -0.1) is 0 Å². The Morgan fingerprint density at radius 3 is 2.43 bits per heavy atom. The third-order valence-corrected chi connectivity index (χ3v) is 4.83. The van der Waals surface area contributed by atoms with Crippen molar-refractivity contribution in [2.24, 2.45) is 0 Å². The summed E-state index contributed by atoms with van der Waals surface area (Å²) in [7, 11) is 0. The molecule has 0 aliphatic rings. The van der Waals surface area contributed by atoms with Crippen LogP contribution < -0.4 is 11.2 Å². The lowest BCUT2D eigenvalue weighted by atomic mass is 10.2. The van der Waals surface area contributed by atoms with Gasteiger partial charge in [0.2, 0.25) is 0 Å². The first-order valence-electron chi connectivity index (χ1n) is 8.90. The van der Waals surface area contributed by atoms with Crippen LogP contribution in [0.5, 0.6) is 0 Å². The molecule has 28 heavy (non-hydrogen) atoms. The topological polar surface area (TPSA) is 75.2 Å². The molecule has 0 unspecified atom stereocenters. The second kappa shape index (κ2) is 8.71. The van der Waals surface area contributed by atoms with Gasteiger partial charge in [0.25, 0.3) is 11.5 Å². The fourth-order valence-electron chi connectivity index (χ4n) is 2.91. The Hall–Kier alpha value is -3.12. The Kier molecular flexibility index (Phi) is 6.11. The molecule has 6 nitrogen and oxygen atoms in total. The number of carbonyl (C=O) groups excluding carboxylic acids is 1. The third-order valence-electron chi connectivity index (χ3n) is 4.46. The van der Waals surface area contributed by atoms with Crippen molar-refractivity contribution in [3.63, 3.8) is 0 Å². The predicted molar refractivity (Wildman–Crippen MR) is 109 cm³/mol. The summed E-state index contributed by atoms with van der Waals surface area (Å²) in [6, 6.07) is 16.5. The van der Waals surface area contributed by atoms with Crippen molar-refractivity contribution in [3.8, 4) is 0 Å². The molecule has 0 atom stereocenters. The summed E-state index contributed by atoms with van der Waals surface area (Å²) in [4.78, 5) is 42.1. The summed E-state index contributed by atoms with van der Waals surface area (Å²) in [6.45, 7) is 2.63. The number of nitrogens with zero attached hydrogens (tertiary/aromatic N) is 2. The smallest absolute Gasteiger partial charge is 0.328 e. The number of nitrogens with one attached hydrogen (secondary N) is 1. The van der Waals surface area contributed by atoms with Crippen LogP contribution in [0.4, 0.5) is 0 Å². The number of rotatable bonds is 6. The van der Waals surface area contributed by atoms with Gasteiger partial charge in [-0.25, -0.2) is 4.79 Å². The standard InChI is InChI=1S/C21H20ClN3O3/c1-2-24(13-15-8-4-3-5-9-15)19(26)17-12-23-21(28)25(20(17)27)14-16-10-6-7-11-18(16)22/h3-12H,2,13-14H2,1H3,(H,23,28). The minimum atomic E-state index is -0.639. The number of benzene rings is 2. The van der Waals surface area contributed by atoms with E-state index in [2.05, 4.69) is 4.98 Å². The van der Waals surface area contributed by atoms with E-state index in [1.807, 2.05) is 37.3 Å². The number of hydrogen-bond donors (Lipinski definition) is 1. The summed E-state index contributed by atoms with van der Waals surface area (Å²) in [6.07, 6.45) is 1.18. The Morgan fingerprint density at radius 1 is 1.07 bits per heavy atom. The van der Waals surface area contributed by atoms with Crippen LogP contribution in [0, 0.1) is 0 Å². The minimum absolute atomic E-state index is 0.0141. The maximum Gasteiger partial charge on any atom is 0.328 e. The van der Waals surface area contributed by atoms with Crippen molar-refractivity contribution in [2.75, 3.05) is 6.54 Å². The van der Waals surface area contributed by atoms with Crippen LogP contribution in [0.2, 0.25) is 5.02 Å². The normalized spacial score (nSPS) is 10.6. The second-order valence-corrected chi connectivity index (χ2v) is 6.70. The van der Waals surface area contributed by atoms with Crippen LogP contribution >= 0.6 is 11.6 Å². The molecule has 3 rings (SSSR count). The molecule has 1 amide bonds. The molecule has 0 aliphatic heterocycles. The van der Waals surface area contributed by atoms with E-state index in [-0.39, 0.29) is 12.1 Å². The van der Waals surface area contributed by atoms with Crippen LogP contribution in [0.15, 0.2) is 70.4 Å². The van der Waals surface area contributed by atoms with E-state index in [1.165, 1.54) is 6.20 Å². The zero-order valence-electron chi connectivity index (χ0n) is 15.4. The molecule has 2 aromatic carbocycles. The van der Waals surface area contributed by atoms with E-state index < -0.39 is 17.2 Å². The molecular weight excluding hydrogens is 378 g/mol. The quantitative estimate of drug-likeness (QED) is 0.694. The highest BCUT2D eigenvalue weighted by Crippen LogP contribution is 2.15. The molecule has 0 spiro atoms. The number of amides is 1. The van der Waals surface area contributed by atoms with Gasteiger partial charge < -0.3 is 9.88 Å². The van der Waals surface area contributed by atoms with Gasteiger partial charge in [-0.3, -0.25) is 14.2 Å². The zero-order chi connectivity index (χ0) is 20.1. The molecule has 0 saturated heterocycles. The number of aromatic amines is 1. The summed E-state index contributed by atoms with van der Waals surface area (Å²) < 4.78 is 0.991. The summed E-state index contributed by atoms with van der Waals surface area (Å²) in [5.41, 5.74) is 0.272. The Labute approximate surface area is 167 Å². The highest BCUT2D eigenvalue weighted by Gasteiger charge is 2.20. The molecule has 7 heteroatoms. The van der Waals surface area contributed by atoms with E-state index in [9.17, 15) is 14.4 Å². The fraction of sp³-hybridized carbons (Fsp3) is 0.190. The van der Waals surface area contributed by atoms with E-state index in [1.54, 1.807) is 29.2 Å². The van der Waals surface area contributed by atoms with Gasteiger partial charge in [0.15, 0.2) is 0 Å². The Balaban J connectivity index is 1.93. The number of aromatic nitrogens is 2. The Bertz CT molecular complexity index is 1090. The molecular formula is C21H20ClN3O3. The Morgan fingerprint density at radius 2 is 1.75 bits per heavy atom. The third kappa shape index (κ3) is 4.23. The van der Waals surface area contributed by atoms with Crippen LogP contribution in [-0.2, 0) is 13.1 Å². The van der Waals surface area contributed by atoms with Crippen molar-refractivity contribution < 1.29 is 4.79 Å². The van der Waals surface area contributed by atoms with E-state index >= 15 is 0 Å². The summed E-state index contributed by atoms with van der Waals surface area (Å²) >= 11 is 6.14. The maximum atomic E-state index is 12.9. The minimum Gasteiger partial charge on any atom is -0.334 e. The van der Waals surface area contributed by atoms with Gasteiger partial charge >= 0.3 is 5.69 Å². The van der Waals surface area contributed by atoms with Gasteiger partial charge in [-0.05, 0) is 24.1 Å². The van der Waals surface area contributed by atoms with Crippen molar-refractivity contribution in [2.45, 2.75) is 20.0 Å². The van der Waals surface area contributed by atoms with Gasteiger partial charge in [0, 0.05) is 24.3 Å². The maximum absolute atomic E-state index is 12.9. The number of carbonyl (C=O) groups is 1. The van der Waals surface area contributed by atoms with E-state index in [0.29, 0.717) is 23.7 Å². The second-order valence-electron chi connectivity index (χ2n) is 6.30. The number of hydrogen-bond acceptors (Lipinski definition) is 3. The molecule has 0 radical (unpaired) electrons. The fourth-order valence-corrected chi connectivity index (χ4v) is 3.10. The molecule has 1 aromatic heterocycles. The zero-order valence-corrected chi connectivity index (χ0v) is 16.1. The lowest BCUT2D eigenvalue weighted by Crippen LogP contribution is -2.42. The van der Waals surface area contributed by atoms with Crippen molar-refractivity contribution >= 4 is 17.5 Å². The van der Waals surface area contributed by atoms with Gasteiger partial charge in [-0.1, -0.05) is 60.1 Å². The summed E-state index contributed by atoms with van der Waals surface area (Å²) in [5.74, 6) is -0.430. The molecule has 0 saturated carbocycles. The van der Waals surface area contributed by atoms with Gasteiger partial charge in [0.1, 0.15) is 5.56 Å². The lowest BCUT2D eigenvalue weighted by Gasteiger charge is -2.21. The molecule has 0 aliphatic carbocycles. The highest BCUT2D eigenvalue weighted by atomic mass is 35.5. The first-order chi connectivity index (χ1) is 13.5. The first kappa shape index (κ1) is 19.6. The first-order valence-corrected chi connectivity index (χ1v) is 9.28. The highest BCUT2D eigenvalue weighted by molar-refractivity contribution is 6.31. The molecule has 3 aromatic rings. The molecule has 0 bridgehead atoms. The van der Waals surface area contributed by atoms with Gasteiger partial charge in [-0.2, -0.15) is 0 Å². The van der Waals surface area contributed by atoms with E-state index in [4.69, 9.17) is 11.6 Å². The SMILES string of the molecule is CCN(Cc1ccccc1)C(=O)c1c[nH]c(=O)n(Cc2ccccc2Cl)c1=O. The van der Waals surface area contributed by atoms with Crippen LogP contribution in [0.3, 0.4) is 0 Å². The average molecular weight is 398 g/mol. The molecule has 0 fully saturated rings. The van der Waals surface area contributed by atoms with Crippen LogP contribution in [-0.4, -0.2) is 26.9 Å². The van der Waals surface area contributed by atoms with E-state index in [0.717, 1.165) is 10.1 Å².